The van der Waals surface area contributed by atoms with E-state index in [9.17, 15) is 4.79 Å². The maximum atomic E-state index is 12.4. The van der Waals surface area contributed by atoms with E-state index in [-0.39, 0.29) is 16.7 Å². The summed E-state index contributed by atoms with van der Waals surface area (Å²) in [5.74, 6) is 1.01. The minimum Gasteiger partial charge on any atom is -0.353 e. The summed E-state index contributed by atoms with van der Waals surface area (Å²) in [7, 11) is 2.16. The van der Waals surface area contributed by atoms with Gasteiger partial charge in [-0.1, -0.05) is 30.3 Å². The molecule has 1 atom stereocenters. The Kier molecular flexibility index (Phi) is 7.14. The third-order valence-corrected chi connectivity index (χ3v) is 5.98. The summed E-state index contributed by atoms with van der Waals surface area (Å²) in [6.45, 7) is 11.5. The summed E-state index contributed by atoms with van der Waals surface area (Å²) in [5, 5.41) is 3.12. The Labute approximate surface area is 151 Å². The first-order chi connectivity index (χ1) is 11.4. The molecule has 1 aliphatic heterocycles. The van der Waals surface area contributed by atoms with Crippen molar-refractivity contribution in [1.29, 1.82) is 0 Å². The molecule has 1 aromatic rings. The monoisotopic (exact) mass is 349 g/mol. The molecule has 1 heterocycles. The molecule has 1 aromatic carbocycles. The summed E-state index contributed by atoms with van der Waals surface area (Å²) in [4.78, 5) is 17.2. The molecule has 0 aliphatic carbocycles. The van der Waals surface area contributed by atoms with E-state index in [0.717, 1.165) is 31.9 Å². The summed E-state index contributed by atoms with van der Waals surface area (Å²) >= 11 is 1.69. The number of nitrogens with zero attached hydrogens (tertiary/aromatic N) is 2. The molecule has 1 aliphatic rings. The number of rotatable bonds is 7. The van der Waals surface area contributed by atoms with Gasteiger partial charge in [0.15, 0.2) is 0 Å². The quantitative estimate of drug-likeness (QED) is 0.820. The smallest absolute Gasteiger partial charge is 0.232 e. The Hall–Kier alpha value is -1.04. The Morgan fingerprint density at radius 3 is 2.46 bits per heavy atom. The van der Waals surface area contributed by atoms with Crippen molar-refractivity contribution in [2.24, 2.45) is 0 Å². The second kappa shape index (κ2) is 8.88. The highest BCUT2D eigenvalue weighted by molar-refractivity contribution is 7.99. The van der Waals surface area contributed by atoms with E-state index in [1.165, 1.54) is 5.56 Å². The van der Waals surface area contributed by atoms with Crippen LogP contribution >= 0.6 is 11.8 Å². The van der Waals surface area contributed by atoms with Gasteiger partial charge in [-0.3, -0.25) is 9.69 Å². The summed E-state index contributed by atoms with van der Waals surface area (Å²) < 4.78 is 0. The third kappa shape index (κ3) is 5.80. The molecule has 5 heteroatoms. The van der Waals surface area contributed by atoms with E-state index in [1.807, 2.05) is 25.1 Å². The van der Waals surface area contributed by atoms with Crippen molar-refractivity contribution in [3.63, 3.8) is 0 Å². The van der Waals surface area contributed by atoms with Crippen molar-refractivity contribution in [3.05, 3.63) is 35.9 Å². The van der Waals surface area contributed by atoms with Crippen molar-refractivity contribution in [3.8, 4) is 0 Å². The standard InChI is InChI=1S/C19H31N3OS/c1-16(24-14-17-8-6-5-7-9-17)18(23)20-15-19(2,3)22-12-10-21(4)11-13-22/h5-9,16H,10-15H2,1-4H3,(H,20,23)/t16-/m0/s1. The van der Waals surface area contributed by atoms with Gasteiger partial charge in [-0.05, 0) is 33.4 Å². The molecule has 4 nitrogen and oxygen atoms in total. The fraction of sp³-hybridized carbons (Fsp3) is 0.632. The Bertz CT molecular complexity index is 513. The summed E-state index contributed by atoms with van der Waals surface area (Å²) in [5.41, 5.74) is 1.26. The largest absolute Gasteiger partial charge is 0.353 e. The lowest BCUT2D eigenvalue weighted by Crippen LogP contribution is -2.58. The van der Waals surface area contributed by atoms with E-state index < -0.39 is 0 Å². The van der Waals surface area contributed by atoms with E-state index in [4.69, 9.17) is 0 Å². The molecular formula is C19H31N3OS. The minimum atomic E-state index is -0.0338. The molecule has 1 amide bonds. The van der Waals surface area contributed by atoms with Gasteiger partial charge in [-0.15, -0.1) is 11.8 Å². The number of carbonyl (C=O) groups excluding carboxylic acids is 1. The lowest BCUT2D eigenvalue weighted by Gasteiger charge is -2.43. The number of likely N-dealkylation sites (N-methyl/N-ethyl adjacent to an activating group) is 1. The zero-order valence-electron chi connectivity index (χ0n) is 15.4. The van der Waals surface area contributed by atoms with Crippen LogP contribution in [0.25, 0.3) is 0 Å². The van der Waals surface area contributed by atoms with Crippen LogP contribution in [-0.2, 0) is 10.5 Å². The normalized spacial score (nSPS) is 18.3. The van der Waals surface area contributed by atoms with Gasteiger partial charge >= 0.3 is 0 Å². The molecule has 0 aromatic heterocycles. The van der Waals surface area contributed by atoms with Crippen LogP contribution in [0.15, 0.2) is 30.3 Å². The second-order valence-electron chi connectivity index (χ2n) is 7.26. The second-order valence-corrected chi connectivity index (χ2v) is 8.59. The molecule has 0 unspecified atom stereocenters. The SMILES string of the molecule is C[C@H](SCc1ccccc1)C(=O)NCC(C)(C)N1CCN(C)CC1. The Morgan fingerprint density at radius 1 is 1.21 bits per heavy atom. The first-order valence-electron chi connectivity index (χ1n) is 8.75. The molecule has 0 saturated carbocycles. The van der Waals surface area contributed by atoms with E-state index in [2.05, 4.69) is 48.1 Å². The topological polar surface area (TPSA) is 35.6 Å². The number of hydrogen-bond acceptors (Lipinski definition) is 4. The molecule has 2 rings (SSSR count). The fourth-order valence-electron chi connectivity index (χ4n) is 2.84. The van der Waals surface area contributed by atoms with E-state index in [0.29, 0.717) is 6.54 Å². The molecule has 134 valence electrons. The Morgan fingerprint density at radius 2 is 1.83 bits per heavy atom. The molecule has 1 fully saturated rings. The molecule has 24 heavy (non-hydrogen) atoms. The van der Waals surface area contributed by atoms with Crippen LogP contribution in [0.1, 0.15) is 26.3 Å². The van der Waals surface area contributed by atoms with Crippen molar-refractivity contribution in [2.75, 3.05) is 39.8 Å². The lowest BCUT2D eigenvalue weighted by atomic mass is 10.0. The average Bonchev–Trinajstić information content (AvgIpc) is 2.59. The van der Waals surface area contributed by atoms with Crippen LogP contribution in [0.3, 0.4) is 0 Å². The van der Waals surface area contributed by atoms with Crippen LogP contribution in [0.4, 0.5) is 0 Å². The maximum Gasteiger partial charge on any atom is 0.232 e. The number of nitrogens with one attached hydrogen (secondary N) is 1. The van der Waals surface area contributed by atoms with Gasteiger partial charge in [0.1, 0.15) is 0 Å². The summed E-state index contributed by atoms with van der Waals surface area (Å²) in [6.07, 6.45) is 0. The van der Waals surface area contributed by atoms with Gasteiger partial charge in [-0.2, -0.15) is 0 Å². The first kappa shape index (κ1) is 19.3. The number of amides is 1. The van der Waals surface area contributed by atoms with Crippen molar-refractivity contribution < 1.29 is 4.79 Å². The van der Waals surface area contributed by atoms with E-state index >= 15 is 0 Å². The lowest BCUT2D eigenvalue weighted by molar-refractivity contribution is -0.121. The number of hydrogen-bond donors (Lipinski definition) is 1. The van der Waals surface area contributed by atoms with Gasteiger partial charge in [-0.25, -0.2) is 0 Å². The molecule has 1 saturated heterocycles. The zero-order chi connectivity index (χ0) is 17.6. The number of benzene rings is 1. The minimum absolute atomic E-state index is 0.000731. The predicted octanol–water partition coefficient (Wildman–Crippen LogP) is 2.45. The van der Waals surface area contributed by atoms with Crippen molar-refractivity contribution in [1.82, 2.24) is 15.1 Å². The number of thioether (sulfide) groups is 1. The molecule has 1 N–H and O–H groups in total. The van der Waals surface area contributed by atoms with Crippen LogP contribution in [0.5, 0.6) is 0 Å². The summed E-state index contributed by atoms with van der Waals surface area (Å²) in [6, 6.07) is 10.3. The van der Waals surface area contributed by atoms with Gasteiger partial charge in [0.2, 0.25) is 5.91 Å². The average molecular weight is 350 g/mol. The highest BCUT2D eigenvalue weighted by atomic mass is 32.2. The van der Waals surface area contributed by atoms with Gasteiger partial charge in [0.05, 0.1) is 5.25 Å². The van der Waals surface area contributed by atoms with Crippen LogP contribution in [0, 0.1) is 0 Å². The van der Waals surface area contributed by atoms with Gasteiger partial charge in [0.25, 0.3) is 0 Å². The van der Waals surface area contributed by atoms with Crippen molar-refractivity contribution >= 4 is 17.7 Å². The molecule has 0 spiro atoms. The van der Waals surface area contributed by atoms with Crippen molar-refractivity contribution in [2.45, 2.75) is 37.3 Å². The third-order valence-electron chi connectivity index (χ3n) is 4.77. The fourth-order valence-corrected chi connectivity index (χ4v) is 3.71. The van der Waals surface area contributed by atoms with Crippen LogP contribution in [0.2, 0.25) is 0 Å². The Balaban J connectivity index is 1.74. The van der Waals surface area contributed by atoms with Crippen LogP contribution in [-0.4, -0.2) is 66.3 Å². The first-order valence-corrected chi connectivity index (χ1v) is 9.80. The van der Waals surface area contributed by atoms with Crippen LogP contribution < -0.4 is 5.32 Å². The molecular weight excluding hydrogens is 318 g/mol. The number of piperazine rings is 1. The molecule has 0 radical (unpaired) electrons. The maximum absolute atomic E-state index is 12.4. The predicted molar refractivity (Wildman–Crippen MR) is 103 cm³/mol. The van der Waals surface area contributed by atoms with Gasteiger partial charge in [0, 0.05) is 44.0 Å². The molecule has 0 bridgehead atoms. The van der Waals surface area contributed by atoms with Gasteiger partial charge < -0.3 is 10.2 Å². The highest BCUT2D eigenvalue weighted by Gasteiger charge is 2.29. The number of carbonyl (C=O) groups is 1. The highest BCUT2D eigenvalue weighted by Crippen LogP contribution is 2.19. The van der Waals surface area contributed by atoms with E-state index in [1.54, 1.807) is 11.8 Å². The zero-order valence-corrected chi connectivity index (χ0v) is 16.2.